The van der Waals surface area contributed by atoms with E-state index in [2.05, 4.69) is 11.4 Å². The SMILES string of the molecule is CNCC(O)CN1C(=O)CCCc2ccccc21. The third-order valence-corrected chi connectivity index (χ3v) is 3.25. The number of β-amino-alcohol motifs (C(OH)–C–C–N with tert-alkyl or cyclic N) is 1. The Morgan fingerprint density at radius 2 is 2.17 bits per heavy atom. The second-order valence-electron chi connectivity index (χ2n) is 4.70. The van der Waals surface area contributed by atoms with Crippen LogP contribution in [0.25, 0.3) is 0 Å². The Labute approximate surface area is 108 Å². The number of hydrogen-bond donors (Lipinski definition) is 2. The average molecular weight is 248 g/mol. The Hall–Kier alpha value is -1.39. The van der Waals surface area contributed by atoms with Gasteiger partial charge >= 0.3 is 0 Å². The number of fused-ring (bicyclic) bond motifs is 1. The molecule has 1 aromatic carbocycles. The number of aryl methyl sites for hydroxylation is 1. The van der Waals surface area contributed by atoms with Crippen LogP contribution in [-0.4, -0.2) is 37.3 Å². The van der Waals surface area contributed by atoms with Gasteiger partial charge in [0.25, 0.3) is 0 Å². The molecule has 0 bridgehead atoms. The molecule has 1 heterocycles. The van der Waals surface area contributed by atoms with Crippen LogP contribution in [0, 0.1) is 0 Å². The molecule has 18 heavy (non-hydrogen) atoms. The molecule has 4 nitrogen and oxygen atoms in total. The zero-order valence-corrected chi connectivity index (χ0v) is 10.7. The number of amides is 1. The fourth-order valence-electron chi connectivity index (χ4n) is 2.40. The minimum Gasteiger partial charge on any atom is -0.390 e. The van der Waals surface area contributed by atoms with Crippen molar-refractivity contribution in [2.24, 2.45) is 0 Å². The van der Waals surface area contributed by atoms with E-state index in [0.717, 1.165) is 18.5 Å². The summed E-state index contributed by atoms with van der Waals surface area (Å²) in [5, 5.41) is 12.8. The first kappa shape index (κ1) is 13.1. The molecule has 0 saturated carbocycles. The van der Waals surface area contributed by atoms with Crippen LogP contribution in [0.15, 0.2) is 24.3 Å². The van der Waals surface area contributed by atoms with Crippen LogP contribution in [0.1, 0.15) is 18.4 Å². The smallest absolute Gasteiger partial charge is 0.227 e. The Kier molecular flexibility index (Phi) is 4.33. The van der Waals surface area contributed by atoms with Crippen molar-refractivity contribution in [2.75, 3.05) is 25.0 Å². The Balaban J connectivity index is 2.22. The number of carbonyl (C=O) groups excluding carboxylic acids is 1. The van der Waals surface area contributed by atoms with Crippen molar-refractivity contribution in [2.45, 2.75) is 25.4 Å². The predicted molar refractivity (Wildman–Crippen MR) is 71.7 cm³/mol. The van der Waals surface area contributed by atoms with Crippen LogP contribution in [-0.2, 0) is 11.2 Å². The molecule has 1 unspecified atom stereocenters. The highest BCUT2D eigenvalue weighted by Crippen LogP contribution is 2.26. The number of aliphatic hydroxyl groups excluding tert-OH is 1. The van der Waals surface area contributed by atoms with E-state index >= 15 is 0 Å². The summed E-state index contributed by atoms with van der Waals surface area (Å²) in [7, 11) is 1.79. The molecule has 0 spiro atoms. The number of nitrogens with one attached hydrogen (secondary N) is 1. The van der Waals surface area contributed by atoms with Crippen molar-refractivity contribution < 1.29 is 9.90 Å². The lowest BCUT2D eigenvalue weighted by Crippen LogP contribution is -2.40. The maximum atomic E-state index is 12.1. The van der Waals surface area contributed by atoms with E-state index in [0.29, 0.717) is 19.5 Å². The molecular formula is C14H20N2O2. The number of benzene rings is 1. The first-order valence-corrected chi connectivity index (χ1v) is 6.43. The largest absolute Gasteiger partial charge is 0.390 e. The van der Waals surface area contributed by atoms with Gasteiger partial charge in [-0.15, -0.1) is 0 Å². The molecule has 1 amide bonds. The lowest BCUT2D eigenvalue weighted by molar-refractivity contribution is -0.118. The molecule has 1 aromatic rings. The van der Waals surface area contributed by atoms with Gasteiger partial charge in [0.1, 0.15) is 0 Å². The van der Waals surface area contributed by atoms with Gasteiger partial charge in [0, 0.05) is 18.7 Å². The predicted octanol–water partition coefficient (Wildman–Crippen LogP) is 0.936. The van der Waals surface area contributed by atoms with Gasteiger partial charge in [-0.05, 0) is 31.5 Å². The standard InChI is InChI=1S/C14H20N2O2/c1-15-9-12(17)10-16-13-7-3-2-5-11(13)6-4-8-14(16)18/h2-3,5,7,12,15,17H,4,6,8-10H2,1H3. The third kappa shape index (κ3) is 2.89. The van der Waals surface area contributed by atoms with Gasteiger partial charge in [0.2, 0.25) is 5.91 Å². The average Bonchev–Trinajstić information content (AvgIpc) is 2.51. The first-order chi connectivity index (χ1) is 8.72. The Morgan fingerprint density at radius 1 is 1.39 bits per heavy atom. The maximum Gasteiger partial charge on any atom is 0.227 e. The van der Waals surface area contributed by atoms with Crippen LogP contribution in [0.2, 0.25) is 0 Å². The highest BCUT2D eigenvalue weighted by Gasteiger charge is 2.23. The number of likely N-dealkylation sites (N-methyl/N-ethyl adjacent to an activating group) is 1. The van der Waals surface area contributed by atoms with E-state index < -0.39 is 6.10 Å². The molecule has 0 saturated heterocycles. The van der Waals surface area contributed by atoms with Crippen molar-refractivity contribution >= 4 is 11.6 Å². The molecule has 1 aliphatic heterocycles. The zero-order valence-electron chi connectivity index (χ0n) is 10.7. The topological polar surface area (TPSA) is 52.6 Å². The molecule has 1 aliphatic rings. The molecule has 0 aliphatic carbocycles. The van der Waals surface area contributed by atoms with Crippen molar-refractivity contribution in [1.82, 2.24) is 5.32 Å². The van der Waals surface area contributed by atoms with Crippen LogP contribution in [0.5, 0.6) is 0 Å². The summed E-state index contributed by atoms with van der Waals surface area (Å²) in [6, 6.07) is 7.96. The van der Waals surface area contributed by atoms with E-state index in [4.69, 9.17) is 0 Å². The minimum absolute atomic E-state index is 0.107. The second-order valence-corrected chi connectivity index (χ2v) is 4.70. The molecular weight excluding hydrogens is 228 g/mol. The zero-order chi connectivity index (χ0) is 13.0. The number of anilines is 1. The number of hydrogen-bond acceptors (Lipinski definition) is 3. The maximum absolute atomic E-state index is 12.1. The van der Waals surface area contributed by atoms with Gasteiger partial charge < -0.3 is 15.3 Å². The normalized spacial score (nSPS) is 17.2. The Morgan fingerprint density at radius 3 is 2.94 bits per heavy atom. The van der Waals surface area contributed by atoms with E-state index in [1.165, 1.54) is 5.56 Å². The molecule has 4 heteroatoms. The highest BCUT2D eigenvalue weighted by atomic mass is 16.3. The summed E-state index contributed by atoms with van der Waals surface area (Å²) in [5.41, 5.74) is 2.15. The molecule has 0 fully saturated rings. The number of aliphatic hydroxyl groups is 1. The molecule has 98 valence electrons. The molecule has 0 aromatic heterocycles. The Bertz CT molecular complexity index is 420. The first-order valence-electron chi connectivity index (χ1n) is 6.43. The molecule has 2 N–H and O–H groups in total. The van der Waals surface area contributed by atoms with Gasteiger partial charge in [0.05, 0.1) is 12.6 Å². The molecule has 0 radical (unpaired) electrons. The van der Waals surface area contributed by atoms with Crippen molar-refractivity contribution in [3.05, 3.63) is 29.8 Å². The van der Waals surface area contributed by atoms with E-state index in [-0.39, 0.29) is 5.91 Å². The summed E-state index contributed by atoms with van der Waals surface area (Å²) in [5.74, 6) is 0.107. The lowest BCUT2D eigenvalue weighted by atomic mass is 10.1. The number of rotatable bonds is 4. The van der Waals surface area contributed by atoms with Crippen molar-refractivity contribution in [1.29, 1.82) is 0 Å². The fraction of sp³-hybridized carbons (Fsp3) is 0.500. The summed E-state index contributed by atoms with van der Waals surface area (Å²) in [4.78, 5) is 13.8. The number of para-hydroxylation sites is 1. The monoisotopic (exact) mass is 248 g/mol. The minimum atomic E-state index is -0.537. The van der Waals surface area contributed by atoms with Gasteiger partial charge in [-0.3, -0.25) is 4.79 Å². The van der Waals surface area contributed by atoms with E-state index in [1.54, 1.807) is 11.9 Å². The van der Waals surface area contributed by atoms with Crippen molar-refractivity contribution in [3.8, 4) is 0 Å². The van der Waals surface area contributed by atoms with Crippen LogP contribution < -0.4 is 10.2 Å². The van der Waals surface area contributed by atoms with Crippen LogP contribution in [0.3, 0.4) is 0 Å². The summed E-state index contributed by atoms with van der Waals surface area (Å²) < 4.78 is 0. The fourth-order valence-corrected chi connectivity index (χ4v) is 2.40. The van der Waals surface area contributed by atoms with Gasteiger partial charge in [0.15, 0.2) is 0 Å². The third-order valence-electron chi connectivity index (χ3n) is 3.25. The van der Waals surface area contributed by atoms with Gasteiger partial charge in [-0.1, -0.05) is 18.2 Å². The van der Waals surface area contributed by atoms with Crippen LogP contribution >= 0.6 is 0 Å². The van der Waals surface area contributed by atoms with E-state index in [9.17, 15) is 9.90 Å². The summed E-state index contributed by atoms with van der Waals surface area (Å²) in [6.45, 7) is 0.850. The van der Waals surface area contributed by atoms with Crippen molar-refractivity contribution in [3.63, 3.8) is 0 Å². The van der Waals surface area contributed by atoms with E-state index in [1.807, 2.05) is 18.2 Å². The summed E-state index contributed by atoms with van der Waals surface area (Å²) >= 11 is 0. The van der Waals surface area contributed by atoms with Crippen LogP contribution in [0.4, 0.5) is 5.69 Å². The molecule has 2 rings (SSSR count). The second kappa shape index (κ2) is 5.98. The lowest BCUT2D eigenvalue weighted by Gasteiger charge is -2.25. The number of nitrogens with zero attached hydrogens (tertiary/aromatic N) is 1. The quantitative estimate of drug-likeness (QED) is 0.833. The molecule has 1 atom stereocenters. The number of carbonyl (C=O) groups is 1. The highest BCUT2D eigenvalue weighted by molar-refractivity contribution is 5.94. The van der Waals surface area contributed by atoms with Gasteiger partial charge in [-0.2, -0.15) is 0 Å². The summed E-state index contributed by atoms with van der Waals surface area (Å²) in [6.07, 6.45) is 1.83. The van der Waals surface area contributed by atoms with Gasteiger partial charge in [-0.25, -0.2) is 0 Å².